The van der Waals surface area contributed by atoms with Crippen molar-refractivity contribution in [2.75, 3.05) is 26.0 Å². The third kappa shape index (κ3) is 3.54. The van der Waals surface area contributed by atoms with E-state index in [4.69, 9.17) is 9.29 Å². The predicted molar refractivity (Wildman–Crippen MR) is 76.9 cm³/mol. The summed E-state index contributed by atoms with van der Waals surface area (Å²) in [6.45, 7) is -0.243. The van der Waals surface area contributed by atoms with Crippen LogP contribution in [0.15, 0.2) is 24.4 Å². The molecule has 1 aromatic heterocycles. The molecule has 122 valence electrons. The molecule has 2 atom stereocenters. The first kappa shape index (κ1) is 16.7. The van der Waals surface area contributed by atoms with Crippen LogP contribution in [-0.4, -0.2) is 66.7 Å². The molecule has 0 unspecified atom stereocenters. The van der Waals surface area contributed by atoms with Crippen LogP contribution in [0.3, 0.4) is 0 Å². The number of hydrogen-bond acceptors (Lipinski definition) is 6. The maximum absolute atomic E-state index is 11.3. The number of aliphatic hydroxyl groups is 1. The quantitative estimate of drug-likeness (QED) is 0.748. The molecule has 0 radical (unpaired) electrons. The van der Waals surface area contributed by atoms with Gasteiger partial charge >= 0.3 is 6.09 Å². The fourth-order valence-corrected chi connectivity index (χ4v) is 2.98. The van der Waals surface area contributed by atoms with E-state index in [2.05, 4.69) is 4.98 Å². The van der Waals surface area contributed by atoms with Gasteiger partial charge in [0.05, 0.1) is 36.6 Å². The minimum Gasteiger partial charge on any atom is -0.465 e. The van der Waals surface area contributed by atoms with Crippen LogP contribution in [0, 0.1) is 0 Å². The van der Waals surface area contributed by atoms with Gasteiger partial charge in [-0.1, -0.05) is 6.07 Å². The third-order valence-electron chi connectivity index (χ3n) is 3.84. The zero-order valence-corrected chi connectivity index (χ0v) is 12.9. The van der Waals surface area contributed by atoms with Crippen LogP contribution in [0.25, 0.3) is 0 Å². The van der Waals surface area contributed by atoms with E-state index in [0.29, 0.717) is 5.69 Å². The smallest absolute Gasteiger partial charge is 0.407 e. The Balaban J connectivity index is 2.33. The molecular weight excluding hydrogens is 312 g/mol. The average molecular weight is 330 g/mol. The van der Waals surface area contributed by atoms with Gasteiger partial charge in [0, 0.05) is 12.7 Å². The first-order valence-electron chi connectivity index (χ1n) is 6.66. The predicted octanol–water partition coefficient (Wildman–Crippen LogP) is 0.0402. The van der Waals surface area contributed by atoms with Gasteiger partial charge in [-0.15, -0.1) is 0 Å². The zero-order valence-electron chi connectivity index (χ0n) is 12.0. The first-order chi connectivity index (χ1) is 10.2. The SMILES string of the molecule is CS(=O)(=O)OC[C@]1(c2ccccn2)CCN(C(=O)O)C[C@@H]1O. The Bertz CT molecular complexity index is 635. The lowest BCUT2D eigenvalue weighted by atomic mass is 9.74. The number of hydrogen-bond donors (Lipinski definition) is 2. The molecule has 22 heavy (non-hydrogen) atoms. The van der Waals surface area contributed by atoms with Crippen molar-refractivity contribution in [1.29, 1.82) is 0 Å². The Kier molecular flexibility index (Phi) is 4.69. The Labute approximate surface area is 128 Å². The van der Waals surface area contributed by atoms with Crippen LogP contribution in [-0.2, 0) is 19.7 Å². The Hall–Kier alpha value is -1.71. The van der Waals surface area contributed by atoms with Crippen molar-refractivity contribution < 1.29 is 27.6 Å². The summed E-state index contributed by atoms with van der Waals surface area (Å²) >= 11 is 0. The summed E-state index contributed by atoms with van der Waals surface area (Å²) in [4.78, 5) is 16.3. The monoisotopic (exact) mass is 330 g/mol. The molecule has 1 aromatic rings. The molecule has 1 amide bonds. The number of piperidine rings is 1. The molecule has 0 aromatic carbocycles. The number of aromatic nitrogens is 1. The standard InChI is InChI=1S/C13H18N2O6S/c1-22(19,20)21-9-13(10-4-2-3-6-14-10)5-7-15(12(17)18)8-11(13)16/h2-4,6,11,16H,5,7-9H2,1H3,(H,17,18)/t11-,13-/m0/s1. The van der Waals surface area contributed by atoms with E-state index < -0.39 is 27.7 Å². The van der Waals surface area contributed by atoms with Gasteiger partial charge in [0.15, 0.2) is 0 Å². The maximum atomic E-state index is 11.3. The van der Waals surface area contributed by atoms with E-state index in [1.54, 1.807) is 18.2 Å². The van der Waals surface area contributed by atoms with Gasteiger partial charge in [-0.05, 0) is 18.6 Å². The summed E-state index contributed by atoms with van der Waals surface area (Å²) in [5, 5.41) is 19.5. The van der Waals surface area contributed by atoms with Crippen molar-refractivity contribution in [2.45, 2.75) is 17.9 Å². The van der Waals surface area contributed by atoms with E-state index >= 15 is 0 Å². The molecule has 0 saturated carbocycles. The molecule has 2 N–H and O–H groups in total. The molecular formula is C13H18N2O6S. The minimum atomic E-state index is -3.69. The first-order valence-corrected chi connectivity index (χ1v) is 8.48. The van der Waals surface area contributed by atoms with E-state index in [-0.39, 0.29) is 26.1 Å². The van der Waals surface area contributed by atoms with Gasteiger partial charge < -0.3 is 15.1 Å². The summed E-state index contributed by atoms with van der Waals surface area (Å²) in [6, 6.07) is 5.10. The highest BCUT2D eigenvalue weighted by Crippen LogP contribution is 2.35. The van der Waals surface area contributed by atoms with E-state index in [0.717, 1.165) is 11.2 Å². The van der Waals surface area contributed by atoms with Crippen LogP contribution in [0.4, 0.5) is 4.79 Å². The van der Waals surface area contributed by atoms with Crippen LogP contribution >= 0.6 is 0 Å². The number of likely N-dealkylation sites (tertiary alicyclic amines) is 1. The third-order valence-corrected chi connectivity index (χ3v) is 4.38. The van der Waals surface area contributed by atoms with Crippen molar-refractivity contribution in [3.8, 4) is 0 Å². The number of carbonyl (C=O) groups is 1. The van der Waals surface area contributed by atoms with Crippen LogP contribution in [0.5, 0.6) is 0 Å². The van der Waals surface area contributed by atoms with Crippen molar-refractivity contribution in [3.63, 3.8) is 0 Å². The van der Waals surface area contributed by atoms with Gasteiger partial charge in [0.25, 0.3) is 10.1 Å². The second kappa shape index (κ2) is 6.19. The van der Waals surface area contributed by atoms with E-state index in [1.807, 2.05) is 0 Å². The normalized spacial score (nSPS) is 25.9. The molecule has 0 spiro atoms. The lowest BCUT2D eigenvalue weighted by Crippen LogP contribution is -2.57. The fraction of sp³-hybridized carbons (Fsp3) is 0.538. The number of nitrogens with zero attached hydrogens (tertiary/aromatic N) is 2. The Morgan fingerprint density at radius 3 is 2.77 bits per heavy atom. The molecule has 1 saturated heterocycles. The molecule has 1 aliphatic heterocycles. The second-order valence-electron chi connectivity index (χ2n) is 5.33. The number of amides is 1. The molecule has 1 fully saturated rings. The zero-order chi connectivity index (χ0) is 16.4. The van der Waals surface area contributed by atoms with Crippen molar-refractivity contribution in [1.82, 2.24) is 9.88 Å². The van der Waals surface area contributed by atoms with Gasteiger partial charge in [-0.25, -0.2) is 4.79 Å². The van der Waals surface area contributed by atoms with Gasteiger partial charge in [-0.3, -0.25) is 9.17 Å². The minimum absolute atomic E-state index is 0.126. The molecule has 9 heteroatoms. The van der Waals surface area contributed by atoms with Gasteiger partial charge in [0.2, 0.25) is 0 Å². The molecule has 0 aliphatic carbocycles. The number of β-amino-alcohol motifs (C(OH)–C–C–N with tert-alkyl or cyclic N) is 1. The lowest BCUT2D eigenvalue weighted by Gasteiger charge is -2.43. The van der Waals surface area contributed by atoms with Crippen LogP contribution in [0.1, 0.15) is 12.1 Å². The van der Waals surface area contributed by atoms with E-state index in [9.17, 15) is 18.3 Å². The summed E-state index contributed by atoms with van der Waals surface area (Å²) in [7, 11) is -3.69. The van der Waals surface area contributed by atoms with Crippen LogP contribution < -0.4 is 0 Å². The Morgan fingerprint density at radius 1 is 1.55 bits per heavy atom. The summed E-state index contributed by atoms with van der Waals surface area (Å²) in [5.41, 5.74) is -0.577. The molecule has 0 bridgehead atoms. The highest BCUT2D eigenvalue weighted by Gasteiger charge is 2.46. The molecule has 2 rings (SSSR count). The van der Waals surface area contributed by atoms with Crippen molar-refractivity contribution >= 4 is 16.2 Å². The van der Waals surface area contributed by atoms with Crippen LogP contribution in [0.2, 0.25) is 0 Å². The highest BCUT2D eigenvalue weighted by molar-refractivity contribution is 7.85. The largest absolute Gasteiger partial charge is 0.465 e. The summed E-state index contributed by atoms with van der Waals surface area (Å²) in [6.07, 6.45) is 0.435. The number of rotatable bonds is 4. The van der Waals surface area contributed by atoms with Gasteiger partial charge in [-0.2, -0.15) is 8.42 Å². The second-order valence-corrected chi connectivity index (χ2v) is 6.98. The van der Waals surface area contributed by atoms with Crippen molar-refractivity contribution in [2.24, 2.45) is 0 Å². The lowest BCUT2D eigenvalue weighted by molar-refractivity contribution is -0.0173. The van der Waals surface area contributed by atoms with Crippen molar-refractivity contribution in [3.05, 3.63) is 30.1 Å². The number of carboxylic acid groups (broad SMARTS) is 1. The highest BCUT2D eigenvalue weighted by atomic mass is 32.2. The van der Waals surface area contributed by atoms with E-state index in [1.165, 1.54) is 6.20 Å². The summed E-state index contributed by atoms with van der Waals surface area (Å²) in [5.74, 6) is 0. The molecule has 1 aliphatic rings. The van der Waals surface area contributed by atoms with Gasteiger partial charge in [0.1, 0.15) is 0 Å². The topological polar surface area (TPSA) is 117 Å². The maximum Gasteiger partial charge on any atom is 0.407 e. The number of aliphatic hydroxyl groups excluding tert-OH is 1. The number of pyridine rings is 1. The molecule has 2 heterocycles. The Morgan fingerprint density at radius 2 is 2.27 bits per heavy atom. The molecule has 8 nitrogen and oxygen atoms in total. The fourth-order valence-electron chi connectivity index (χ4n) is 2.56. The summed E-state index contributed by atoms with van der Waals surface area (Å²) < 4.78 is 27.5. The average Bonchev–Trinajstić information content (AvgIpc) is 2.46.